The molecular formula is C9H18N2O. The molecule has 70 valence electrons. The number of nitrogens with two attached hydrogens (primary N) is 1. The van der Waals surface area contributed by atoms with Crippen molar-refractivity contribution in [3.8, 4) is 0 Å². The van der Waals surface area contributed by atoms with Crippen molar-refractivity contribution < 1.29 is 4.79 Å². The number of allylic oxidation sites excluding steroid dienone is 1. The van der Waals surface area contributed by atoms with Crippen molar-refractivity contribution in [1.82, 2.24) is 5.32 Å². The summed E-state index contributed by atoms with van der Waals surface area (Å²) in [6, 6.07) is 0. The second kappa shape index (κ2) is 6.85. The first kappa shape index (κ1) is 11.2. The van der Waals surface area contributed by atoms with E-state index in [1.165, 1.54) is 5.57 Å². The molecule has 0 saturated heterocycles. The van der Waals surface area contributed by atoms with E-state index in [1.807, 2.05) is 0 Å². The molecule has 3 N–H and O–H groups in total. The van der Waals surface area contributed by atoms with Crippen molar-refractivity contribution in [2.45, 2.75) is 26.7 Å². The molecule has 3 nitrogen and oxygen atoms in total. The van der Waals surface area contributed by atoms with Gasteiger partial charge in [0, 0.05) is 13.0 Å². The fourth-order valence-electron chi connectivity index (χ4n) is 0.766. The molecule has 3 heteroatoms. The van der Waals surface area contributed by atoms with Gasteiger partial charge in [-0.2, -0.15) is 0 Å². The van der Waals surface area contributed by atoms with E-state index in [9.17, 15) is 4.79 Å². The van der Waals surface area contributed by atoms with Gasteiger partial charge in [0.1, 0.15) is 0 Å². The van der Waals surface area contributed by atoms with Crippen molar-refractivity contribution in [1.29, 1.82) is 0 Å². The molecule has 0 aromatic carbocycles. The molecule has 0 aromatic rings. The molecule has 0 aromatic heterocycles. The normalized spacial score (nSPS) is 9.50. The van der Waals surface area contributed by atoms with Crippen LogP contribution in [-0.4, -0.2) is 19.0 Å². The lowest BCUT2D eigenvalue weighted by atomic mass is 10.3. The Morgan fingerprint density at radius 1 is 1.50 bits per heavy atom. The molecule has 0 aliphatic carbocycles. The predicted octanol–water partition coefficient (Wildman–Crippen LogP) is 0.808. The molecule has 12 heavy (non-hydrogen) atoms. The molecule has 0 saturated carbocycles. The smallest absolute Gasteiger partial charge is 0.217 e. The molecule has 1 amide bonds. The first-order chi connectivity index (χ1) is 5.63. The van der Waals surface area contributed by atoms with Gasteiger partial charge in [-0.25, -0.2) is 0 Å². The summed E-state index contributed by atoms with van der Waals surface area (Å²) in [6.07, 6.45) is 3.41. The second-order valence-corrected chi connectivity index (χ2v) is 3.06. The van der Waals surface area contributed by atoms with E-state index < -0.39 is 0 Å². The van der Waals surface area contributed by atoms with Gasteiger partial charge in [-0.15, -0.1) is 0 Å². The van der Waals surface area contributed by atoms with Crippen LogP contribution < -0.4 is 11.1 Å². The van der Waals surface area contributed by atoms with Crippen LogP contribution in [-0.2, 0) is 4.79 Å². The van der Waals surface area contributed by atoms with Crippen LogP contribution in [0.3, 0.4) is 0 Å². The first-order valence-electron chi connectivity index (χ1n) is 4.25. The third-order valence-electron chi connectivity index (χ3n) is 1.43. The lowest BCUT2D eigenvalue weighted by Gasteiger charge is -1.99. The third-order valence-corrected chi connectivity index (χ3v) is 1.43. The fraction of sp³-hybridized carbons (Fsp3) is 0.667. The Morgan fingerprint density at radius 3 is 2.67 bits per heavy atom. The Labute approximate surface area is 74.0 Å². The van der Waals surface area contributed by atoms with Crippen LogP contribution >= 0.6 is 0 Å². The summed E-state index contributed by atoms with van der Waals surface area (Å²) in [5.74, 6) is -0.223. The van der Waals surface area contributed by atoms with Crippen LogP contribution in [0.1, 0.15) is 26.7 Å². The zero-order chi connectivity index (χ0) is 9.40. The van der Waals surface area contributed by atoms with E-state index in [2.05, 4.69) is 25.2 Å². The Balaban J connectivity index is 3.11. The average Bonchev–Trinajstić information content (AvgIpc) is 1.95. The molecule has 0 aliphatic heterocycles. The maximum absolute atomic E-state index is 10.3. The third kappa shape index (κ3) is 9.17. The van der Waals surface area contributed by atoms with Gasteiger partial charge in [-0.05, 0) is 26.8 Å². The minimum atomic E-state index is -0.223. The highest BCUT2D eigenvalue weighted by molar-refractivity contribution is 5.73. The summed E-state index contributed by atoms with van der Waals surface area (Å²) in [5, 5.41) is 3.19. The van der Waals surface area contributed by atoms with Crippen molar-refractivity contribution in [2.75, 3.05) is 13.1 Å². The van der Waals surface area contributed by atoms with Crippen LogP contribution in [0.4, 0.5) is 0 Å². The van der Waals surface area contributed by atoms with Crippen molar-refractivity contribution >= 4 is 5.91 Å². The van der Waals surface area contributed by atoms with E-state index in [0.29, 0.717) is 6.42 Å². The number of rotatable bonds is 6. The number of hydrogen-bond acceptors (Lipinski definition) is 2. The molecule has 0 heterocycles. The van der Waals surface area contributed by atoms with E-state index in [4.69, 9.17) is 5.73 Å². The molecule has 0 unspecified atom stereocenters. The SMILES string of the molecule is CC(C)=CCNCCCC(N)=O. The van der Waals surface area contributed by atoms with Gasteiger partial charge in [-0.3, -0.25) is 4.79 Å². The van der Waals surface area contributed by atoms with Gasteiger partial charge in [0.15, 0.2) is 0 Å². The molecule has 0 aliphatic rings. The highest BCUT2D eigenvalue weighted by atomic mass is 16.1. The van der Waals surface area contributed by atoms with Gasteiger partial charge in [0.05, 0.1) is 0 Å². The number of carbonyl (C=O) groups excluding carboxylic acids is 1. The topological polar surface area (TPSA) is 55.1 Å². The van der Waals surface area contributed by atoms with E-state index in [1.54, 1.807) is 0 Å². The van der Waals surface area contributed by atoms with Gasteiger partial charge >= 0.3 is 0 Å². The minimum absolute atomic E-state index is 0.223. The summed E-state index contributed by atoms with van der Waals surface area (Å²) < 4.78 is 0. The minimum Gasteiger partial charge on any atom is -0.370 e. The molecule has 0 bridgehead atoms. The van der Waals surface area contributed by atoms with E-state index in [-0.39, 0.29) is 5.91 Å². The summed E-state index contributed by atoms with van der Waals surface area (Å²) in [4.78, 5) is 10.3. The summed E-state index contributed by atoms with van der Waals surface area (Å²) in [5.41, 5.74) is 6.28. The molecule has 0 atom stereocenters. The van der Waals surface area contributed by atoms with Crippen LogP contribution in [0.15, 0.2) is 11.6 Å². The standard InChI is InChI=1S/C9H18N2O/c1-8(2)5-7-11-6-3-4-9(10)12/h5,11H,3-4,6-7H2,1-2H3,(H2,10,12). The Kier molecular flexibility index (Phi) is 6.38. The van der Waals surface area contributed by atoms with Crippen LogP contribution in [0.2, 0.25) is 0 Å². The molecule has 0 spiro atoms. The molecule has 0 rings (SSSR count). The summed E-state index contributed by atoms with van der Waals surface area (Å²) in [7, 11) is 0. The highest BCUT2D eigenvalue weighted by Crippen LogP contribution is 1.87. The van der Waals surface area contributed by atoms with Gasteiger partial charge < -0.3 is 11.1 Å². The highest BCUT2D eigenvalue weighted by Gasteiger charge is 1.91. The fourth-order valence-corrected chi connectivity index (χ4v) is 0.766. The number of amides is 1. The van der Waals surface area contributed by atoms with Crippen molar-refractivity contribution in [2.24, 2.45) is 5.73 Å². The van der Waals surface area contributed by atoms with Gasteiger partial charge in [0.25, 0.3) is 0 Å². The lowest BCUT2D eigenvalue weighted by Crippen LogP contribution is -2.18. The molecule has 0 radical (unpaired) electrons. The number of primary amides is 1. The zero-order valence-electron chi connectivity index (χ0n) is 7.89. The molecule has 0 fully saturated rings. The second-order valence-electron chi connectivity index (χ2n) is 3.06. The van der Waals surface area contributed by atoms with Crippen LogP contribution in [0.5, 0.6) is 0 Å². The summed E-state index contributed by atoms with van der Waals surface area (Å²) in [6.45, 7) is 5.85. The number of nitrogens with one attached hydrogen (secondary N) is 1. The summed E-state index contributed by atoms with van der Waals surface area (Å²) >= 11 is 0. The lowest BCUT2D eigenvalue weighted by molar-refractivity contribution is -0.118. The quantitative estimate of drug-likeness (QED) is 0.458. The van der Waals surface area contributed by atoms with E-state index in [0.717, 1.165) is 19.5 Å². The Bertz CT molecular complexity index is 160. The van der Waals surface area contributed by atoms with Gasteiger partial charge in [-0.1, -0.05) is 11.6 Å². The monoisotopic (exact) mass is 170 g/mol. The Morgan fingerprint density at radius 2 is 2.17 bits per heavy atom. The Hall–Kier alpha value is -0.830. The first-order valence-corrected chi connectivity index (χ1v) is 4.25. The van der Waals surface area contributed by atoms with Gasteiger partial charge in [0.2, 0.25) is 5.91 Å². The van der Waals surface area contributed by atoms with Crippen molar-refractivity contribution in [3.05, 3.63) is 11.6 Å². The zero-order valence-corrected chi connectivity index (χ0v) is 7.89. The predicted molar refractivity (Wildman–Crippen MR) is 50.7 cm³/mol. The van der Waals surface area contributed by atoms with Crippen LogP contribution in [0, 0.1) is 0 Å². The maximum atomic E-state index is 10.3. The average molecular weight is 170 g/mol. The number of carbonyl (C=O) groups is 1. The maximum Gasteiger partial charge on any atom is 0.217 e. The van der Waals surface area contributed by atoms with Crippen molar-refractivity contribution in [3.63, 3.8) is 0 Å². The molecular weight excluding hydrogens is 152 g/mol. The van der Waals surface area contributed by atoms with E-state index >= 15 is 0 Å². The van der Waals surface area contributed by atoms with Crippen LogP contribution in [0.25, 0.3) is 0 Å². The largest absolute Gasteiger partial charge is 0.370 e. The number of hydrogen-bond donors (Lipinski definition) is 2.